The lowest BCUT2D eigenvalue weighted by Crippen LogP contribution is -2.38. The molecule has 0 aliphatic carbocycles. The van der Waals surface area contributed by atoms with E-state index in [1.54, 1.807) is 4.90 Å². The molecule has 3 nitrogen and oxygen atoms in total. The van der Waals surface area contributed by atoms with Gasteiger partial charge < -0.3 is 9.64 Å². The molecule has 1 aliphatic heterocycles. The second-order valence-corrected chi connectivity index (χ2v) is 3.56. The van der Waals surface area contributed by atoms with Crippen LogP contribution in [0.25, 0.3) is 0 Å². The zero-order chi connectivity index (χ0) is 8.10. The van der Waals surface area contributed by atoms with Crippen LogP contribution in [-0.4, -0.2) is 41.7 Å². The average molecular weight is 196 g/mol. The number of halogens is 1. The summed E-state index contributed by atoms with van der Waals surface area (Å²) >= 11 is 7.09. The van der Waals surface area contributed by atoms with Gasteiger partial charge in [0.25, 0.3) is 0 Å². The van der Waals surface area contributed by atoms with Crippen LogP contribution in [0, 0.1) is 0 Å². The van der Waals surface area contributed by atoms with E-state index in [1.807, 2.05) is 11.8 Å². The lowest BCUT2D eigenvalue weighted by Gasteiger charge is -2.24. The van der Waals surface area contributed by atoms with Crippen LogP contribution in [0.1, 0.15) is 0 Å². The Morgan fingerprint density at radius 3 is 2.73 bits per heavy atom. The topological polar surface area (TPSA) is 29.5 Å². The quantitative estimate of drug-likeness (QED) is 0.592. The van der Waals surface area contributed by atoms with Gasteiger partial charge in [-0.1, -0.05) is 11.6 Å². The minimum Gasteiger partial charge on any atom is -0.433 e. The number of carbonyl (C=O) groups excluding carboxylic acids is 1. The Labute approximate surface area is 75.0 Å². The highest BCUT2D eigenvalue weighted by atomic mass is 35.5. The van der Waals surface area contributed by atoms with Crippen LogP contribution < -0.4 is 0 Å². The number of hydrogen-bond acceptors (Lipinski definition) is 3. The molecular weight excluding hydrogens is 186 g/mol. The molecule has 0 bridgehead atoms. The second-order valence-electron chi connectivity index (χ2n) is 2.12. The van der Waals surface area contributed by atoms with Crippen molar-refractivity contribution in [1.82, 2.24) is 4.90 Å². The SMILES string of the molecule is O=C(OCCl)N1CCSCC1. The summed E-state index contributed by atoms with van der Waals surface area (Å²) in [6.45, 7) is 1.56. The second kappa shape index (κ2) is 4.72. The molecule has 0 atom stereocenters. The zero-order valence-corrected chi connectivity index (χ0v) is 7.66. The van der Waals surface area contributed by atoms with Gasteiger partial charge in [-0.05, 0) is 0 Å². The molecule has 1 rings (SSSR count). The highest BCUT2D eigenvalue weighted by Crippen LogP contribution is 2.09. The van der Waals surface area contributed by atoms with Crippen molar-refractivity contribution >= 4 is 29.5 Å². The molecule has 0 aromatic rings. The van der Waals surface area contributed by atoms with E-state index in [-0.39, 0.29) is 12.2 Å². The highest BCUT2D eigenvalue weighted by Gasteiger charge is 2.16. The first kappa shape index (κ1) is 9.00. The number of alkyl halides is 1. The molecule has 5 heteroatoms. The van der Waals surface area contributed by atoms with Crippen molar-refractivity contribution in [2.75, 3.05) is 30.7 Å². The van der Waals surface area contributed by atoms with Crippen LogP contribution in [0.4, 0.5) is 4.79 Å². The van der Waals surface area contributed by atoms with Crippen LogP contribution >= 0.6 is 23.4 Å². The maximum atomic E-state index is 11.0. The van der Waals surface area contributed by atoms with Crippen molar-refractivity contribution in [3.8, 4) is 0 Å². The van der Waals surface area contributed by atoms with Gasteiger partial charge in [-0.3, -0.25) is 0 Å². The zero-order valence-electron chi connectivity index (χ0n) is 6.09. The van der Waals surface area contributed by atoms with Crippen LogP contribution in [-0.2, 0) is 4.74 Å². The van der Waals surface area contributed by atoms with Gasteiger partial charge in [0, 0.05) is 24.6 Å². The smallest absolute Gasteiger partial charge is 0.411 e. The van der Waals surface area contributed by atoms with Gasteiger partial charge in [0.1, 0.15) is 0 Å². The molecule has 1 saturated heterocycles. The molecule has 1 amide bonds. The summed E-state index contributed by atoms with van der Waals surface area (Å²) < 4.78 is 4.62. The molecule has 0 spiro atoms. The molecule has 0 saturated carbocycles. The van der Waals surface area contributed by atoms with Gasteiger partial charge >= 0.3 is 6.09 Å². The molecular formula is C6H10ClNO2S. The first-order valence-corrected chi connectivity index (χ1v) is 5.09. The van der Waals surface area contributed by atoms with Crippen molar-refractivity contribution in [2.45, 2.75) is 0 Å². The largest absolute Gasteiger partial charge is 0.433 e. The van der Waals surface area contributed by atoms with E-state index >= 15 is 0 Å². The summed E-state index contributed by atoms with van der Waals surface area (Å²) in [4.78, 5) is 12.7. The van der Waals surface area contributed by atoms with Gasteiger partial charge in [-0.25, -0.2) is 4.79 Å². The number of rotatable bonds is 1. The summed E-state index contributed by atoms with van der Waals surface area (Å²) in [6.07, 6.45) is -0.291. The minimum atomic E-state index is -0.291. The van der Waals surface area contributed by atoms with E-state index in [4.69, 9.17) is 11.6 Å². The molecule has 0 radical (unpaired) electrons. The van der Waals surface area contributed by atoms with E-state index in [0.29, 0.717) is 0 Å². The number of amides is 1. The molecule has 0 aromatic heterocycles. The number of carbonyl (C=O) groups is 1. The van der Waals surface area contributed by atoms with Crippen LogP contribution in [0.15, 0.2) is 0 Å². The average Bonchev–Trinajstić information content (AvgIpc) is 2.07. The van der Waals surface area contributed by atoms with Crippen molar-refractivity contribution in [3.63, 3.8) is 0 Å². The van der Waals surface area contributed by atoms with Crippen molar-refractivity contribution in [1.29, 1.82) is 0 Å². The van der Waals surface area contributed by atoms with E-state index in [0.717, 1.165) is 24.6 Å². The molecule has 0 unspecified atom stereocenters. The van der Waals surface area contributed by atoms with Gasteiger partial charge in [0.2, 0.25) is 0 Å². The molecule has 1 heterocycles. The summed E-state index contributed by atoms with van der Waals surface area (Å²) in [5, 5.41) is 0. The molecule has 0 aromatic carbocycles. The van der Waals surface area contributed by atoms with Crippen molar-refractivity contribution in [3.05, 3.63) is 0 Å². The van der Waals surface area contributed by atoms with Crippen molar-refractivity contribution in [2.24, 2.45) is 0 Å². The summed E-state index contributed by atoms with van der Waals surface area (Å²) in [5.74, 6) is 1.99. The Morgan fingerprint density at radius 2 is 2.18 bits per heavy atom. The lowest BCUT2D eigenvalue weighted by atomic mass is 10.5. The Balaban J connectivity index is 2.27. The monoisotopic (exact) mass is 195 g/mol. The van der Waals surface area contributed by atoms with Gasteiger partial charge in [-0.2, -0.15) is 11.8 Å². The predicted octanol–water partition coefficient (Wildman–Crippen LogP) is 1.37. The van der Waals surface area contributed by atoms with Crippen LogP contribution in [0.5, 0.6) is 0 Å². The maximum absolute atomic E-state index is 11.0. The number of nitrogens with zero attached hydrogens (tertiary/aromatic N) is 1. The van der Waals surface area contributed by atoms with E-state index in [9.17, 15) is 4.79 Å². The van der Waals surface area contributed by atoms with Crippen molar-refractivity contribution < 1.29 is 9.53 Å². The minimum absolute atomic E-state index is 0.0531. The normalized spacial score (nSPS) is 18.1. The maximum Gasteiger partial charge on any atom is 0.411 e. The Hall–Kier alpha value is -0.0900. The first-order chi connectivity index (χ1) is 5.34. The Kier molecular flexibility index (Phi) is 3.86. The fourth-order valence-electron chi connectivity index (χ4n) is 0.884. The summed E-state index contributed by atoms with van der Waals surface area (Å²) in [6, 6.07) is -0.0531. The van der Waals surface area contributed by atoms with Gasteiger partial charge in [0.15, 0.2) is 6.07 Å². The van der Waals surface area contributed by atoms with E-state index < -0.39 is 0 Å². The van der Waals surface area contributed by atoms with E-state index in [1.165, 1.54) is 0 Å². The first-order valence-electron chi connectivity index (χ1n) is 3.40. The predicted molar refractivity (Wildman–Crippen MR) is 46.1 cm³/mol. The highest BCUT2D eigenvalue weighted by molar-refractivity contribution is 7.99. The van der Waals surface area contributed by atoms with E-state index in [2.05, 4.69) is 4.74 Å². The van der Waals surface area contributed by atoms with Gasteiger partial charge in [0.05, 0.1) is 0 Å². The number of hydrogen-bond donors (Lipinski definition) is 0. The van der Waals surface area contributed by atoms with Crippen LogP contribution in [0.2, 0.25) is 0 Å². The Morgan fingerprint density at radius 1 is 1.55 bits per heavy atom. The molecule has 11 heavy (non-hydrogen) atoms. The third-order valence-corrected chi connectivity index (χ3v) is 2.50. The third-order valence-electron chi connectivity index (χ3n) is 1.45. The molecule has 1 aliphatic rings. The standard InChI is InChI=1S/C6H10ClNO2S/c7-5-10-6(9)8-1-3-11-4-2-8/h1-5H2. The summed E-state index contributed by atoms with van der Waals surface area (Å²) in [7, 11) is 0. The number of ether oxygens (including phenoxy) is 1. The van der Waals surface area contributed by atoms with Crippen LogP contribution in [0.3, 0.4) is 0 Å². The molecule has 1 fully saturated rings. The Bertz CT molecular complexity index is 139. The fraction of sp³-hybridized carbons (Fsp3) is 0.833. The molecule has 64 valence electrons. The summed E-state index contributed by atoms with van der Waals surface area (Å²) in [5.41, 5.74) is 0. The number of thioether (sulfide) groups is 1. The fourth-order valence-corrected chi connectivity index (χ4v) is 1.88. The molecule has 0 N–H and O–H groups in total. The third kappa shape index (κ3) is 2.79. The van der Waals surface area contributed by atoms with Gasteiger partial charge in [-0.15, -0.1) is 0 Å². The lowest BCUT2D eigenvalue weighted by molar-refractivity contribution is 0.122.